The fraction of sp³-hybridized carbons (Fsp3) is 0.263. The van der Waals surface area contributed by atoms with Crippen molar-refractivity contribution in [2.45, 2.75) is 26.9 Å². The second-order valence-corrected chi connectivity index (χ2v) is 5.77. The number of aliphatic carboxylic acids is 1. The van der Waals surface area contributed by atoms with Gasteiger partial charge in [0.15, 0.2) is 5.78 Å². The first-order valence-corrected chi connectivity index (χ1v) is 8.27. The number of amides is 1. The number of rotatable bonds is 8. The zero-order valence-electron chi connectivity index (χ0n) is 15.0. The molecular weight excluding hydrogens is 352 g/mol. The van der Waals surface area contributed by atoms with Crippen molar-refractivity contribution in [1.82, 2.24) is 10.3 Å². The van der Waals surface area contributed by atoms with Crippen LogP contribution in [0.15, 0.2) is 30.3 Å². The van der Waals surface area contributed by atoms with E-state index in [-0.39, 0.29) is 29.4 Å². The van der Waals surface area contributed by atoms with Crippen LogP contribution in [0.25, 0.3) is 0 Å². The number of aromatic nitrogens is 1. The van der Waals surface area contributed by atoms with Gasteiger partial charge in [-0.1, -0.05) is 13.0 Å². The van der Waals surface area contributed by atoms with Gasteiger partial charge in [-0.2, -0.15) is 0 Å². The number of aromatic hydroxyl groups is 1. The molecule has 0 fully saturated rings. The van der Waals surface area contributed by atoms with Crippen LogP contribution in [-0.2, 0) is 17.8 Å². The van der Waals surface area contributed by atoms with Crippen molar-refractivity contribution in [3.8, 4) is 11.5 Å². The Balaban J connectivity index is 2.14. The predicted octanol–water partition coefficient (Wildman–Crippen LogP) is 1.95. The highest BCUT2D eigenvalue weighted by Gasteiger charge is 2.14. The van der Waals surface area contributed by atoms with E-state index in [0.29, 0.717) is 17.9 Å². The summed E-state index contributed by atoms with van der Waals surface area (Å²) in [6, 6.07) is 7.71. The molecule has 0 aliphatic rings. The van der Waals surface area contributed by atoms with Crippen LogP contribution in [0.1, 0.15) is 46.0 Å². The standard InChI is InChI=1S/C19H20N2O6/c1-3-12-7-14(11(2)22)16(23)8-17(12)27-10-13-5-4-6-15(21-13)19(26)20-9-18(24)25/h4-8,23H,3,9-10H2,1-2H3,(H,20,26)(H,24,25). The molecule has 2 rings (SSSR count). The summed E-state index contributed by atoms with van der Waals surface area (Å²) in [5, 5.41) is 20.8. The van der Waals surface area contributed by atoms with Gasteiger partial charge >= 0.3 is 5.97 Å². The first-order chi connectivity index (χ1) is 12.8. The minimum Gasteiger partial charge on any atom is -0.507 e. The minimum atomic E-state index is -1.15. The Kier molecular flexibility index (Phi) is 6.48. The van der Waals surface area contributed by atoms with Gasteiger partial charge in [0.25, 0.3) is 5.91 Å². The summed E-state index contributed by atoms with van der Waals surface area (Å²) in [5.74, 6) is -1.73. The first kappa shape index (κ1) is 19.9. The van der Waals surface area contributed by atoms with Crippen LogP contribution >= 0.6 is 0 Å². The number of pyridine rings is 1. The van der Waals surface area contributed by atoms with Gasteiger partial charge in [0.1, 0.15) is 30.3 Å². The van der Waals surface area contributed by atoms with Crippen LogP contribution in [0.4, 0.5) is 0 Å². The Morgan fingerprint density at radius 1 is 1.22 bits per heavy atom. The zero-order valence-corrected chi connectivity index (χ0v) is 15.0. The van der Waals surface area contributed by atoms with E-state index in [4.69, 9.17) is 9.84 Å². The average molecular weight is 372 g/mol. The van der Waals surface area contributed by atoms with Gasteiger partial charge < -0.3 is 20.3 Å². The number of carboxylic acid groups (broad SMARTS) is 1. The average Bonchev–Trinajstić information content (AvgIpc) is 2.64. The number of ketones is 1. The monoisotopic (exact) mass is 372 g/mol. The number of carbonyl (C=O) groups is 3. The van der Waals surface area contributed by atoms with Crippen molar-refractivity contribution in [1.29, 1.82) is 0 Å². The summed E-state index contributed by atoms with van der Waals surface area (Å²) in [4.78, 5) is 38.1. The van der Waals surface area contributed by atoms with Crippen LogP contribution in [0, 0.1) is 0 Å². The molecule has 8 nitrogen and oxygen atoms in total. The zero-order chi connectivity index (χ0) is 20.0. The van der Waals surface area contributed by atoms with Gasteiger partial charge in [-0.15, -0.1) is 0 Å². The number of ether oxygens (including phenoxy) is 1. The molecule has 0 aliphatic carbocycles. The van der Waals surface area contributed by atoms with E-state index in [2.05, 4.69) is 10.3 Å². The molecule has 0 bridgehead atoms. The third kappa shape index (κ3) is 5.27. The molecule has 0 saturated heterocycles. The van der Waals surface area contributed by atoms with Crippen LogP contribution in [0.3, 0.4) is 0 Å². The maximum absolute atomic E-state index is 11.9. The van der Waals surface area contributed by atoms with Crippen LogP contribution < -0.4 is 10.1 Å². The second kappa shape index (κ2) is 8.79. The molecule has 0 atom stereocenters. The topological polar surface area (TPSA) is 126 Å². The number of carbonyl (C=O) groups excluding carboxylic acids is 2. The molecule has 0 aliphatic heterocycles. The van der Waals surface area contributed by atoms with Gasteiger partial charge in [0.05, 0.1) is 11.3 Å². The molecule has 142 valence electrons. The molecule has 2 aromatic rings. The number of hydrogen-bond donors (Lipinski definition) is 3. The highest BCUT2D eigenvalue weighted by Crippen LogP contribution is 2.29. The smallest absolute Gasteiger partial charge is 0.322 e. The largest absolute Gasteiger partial charge is 0.507 e. The quantitative estimate of drug-likeness (QED) is 0.605. The Labute approximate surface area is 155 Å². The summed E-state index contributed by atoms with van der Waals surface area (Å²) in [7, 11) is 0. The van der Waals surface area contributed by atoms with Crippen molar-refractivity contribution in [2.24, 2.45) is 0 Å². The lowest BCUT2D eigenvalue weighted by Crippen LogP contribution is -2.30. The number of phenols is 1. The molecule has 0 spiro atoms. The molecule has 1 heterocycles. The molecule has 1 aromatic carbocycles. The summed E-state index contributed by atoms with van der Waals surface area (Å²) < 4.78 is 5.70. The number of Topliss-reactive ketones (excluding diaryl/α,β-unsaturated/α-hetero) is 1. The summed E-state index contributed by atoms with van der Waals surface area (Å²) >= 11 is 0. The Morgan fingerprint density at radius 2 is 1.96 bits per heavy atom. The van der Waals surface area contributed by atoms with Crippen molar-refractivity contribution in [3.05, 3.63) is 52.8 Å². The summed E-state index contributed by atoms with van der Waals surface area (Å²) in [6.07, 6.45) is 0.598. The van der Waals surface area contributed by atoms with Crippen molar-refractivity contribution >= 4 is 17.7 Å². The number of benzene rings is 1. The van der Waals surface area contributed by atoms with Crippen LogP contribution in [0.5, 0.6) is 11.5 Å². The summed E-state index contributed by atoms with van der Waals surface area (Å²) in [5.41, 5.74) is 1.51. The van der Waals surface area contributed by atoms with Gasteiger partial charge in [0.2, 0.25) is 0 Å². The number of carboxylic acids is 1. The third-order valence-electron chi connectivity index (χ3n) is 3.75. The van der Waals surface area contributed by atoms with Gasteiger partial charge in [-0.05, 0) is 37.1 Å². The summed E-state index contributed by atoms with van der Waals surface area (Å²) in [6.45, 7) is 2.81. The Hall–Kier alpha value is -3.42. The highest BCUT2D eigenvalue weighted by atomic mass is 16.5. The number of nitrogens with one attached hydrogen (secondary N) is 1. The van der Waals surface area contributed by atoms with E-state index in [0.717, 1.165) is 5.56 Å². The molecule has 27 heavy (non-hydrogen) atoms. The van der Waals surface area contributed by atoms with E-state index >= 15 is 0 Å². The molecule has 0 saturated carbocycles. The fourth-order valence-electron chi connectivity index (χ4n) is 2.39. The lowest BCUT2D eigenvalue weighted by Gasteiger charge is -2.13. The SMILES string of the molecule is CCc1cc(C(C)=O)c(O)cc1OCc1cccc(C(=O)NCC(=O)O)n1. The normalized spacial score (nSPS) is 10.3. The number of phenolic OH excluding ortho intramolecular Hbond substituents is 1. The fourth-order valence-corrected chi connectivity index (χ4v) is 2.39. The van der Waals surface area contributed by atoms with Gasteiger partial charge in [0, 0.05) is 6.07 Å². The Bertz CT molecular complexity index is 878. The van der Waals surface area contributed by atoms with E-state index in [9.17, 15) is 19.5 Å². The lowest BCUT2D eigenvalue weighted by molar-refractivity contribution is -0.135. The number of aryl methyl sites for hydroxylation is 1. The van der Waals surface area contributed by atoms with E-state index in [1.54, 1.807) is 18.2 Å². The maximum atomic E-state index is 11.9. The minimum absolute atomic E-state index is 0.0336. The molecule has 1 amide bonds. The van der Waals surface area contributed by atoms with Gasteiger partial charge in [-0.25, -0.2) is 4.98 Å². The van der Waals surface area contributed by atoms with E-state index < -0.39 is 18.4 Å². The molecule has 8 heteroatoms. The van der Waals surface area contributed by atoms with Gasteiger partial charge in [-0.3, -0.25) is 14.4 Å². The number of hydrogen-bond acceptors (Lipinski definition) is 6. The lowest BCUT2D eigenvalue weighted by atomic mass is 10.0. The first-order valence-electron chi connectivity index (χ1n) is 8.27. The molecular formula is C19H20N2O6. The molecule has 3 N–H and O–H groups in total. The Morgan fingerprint density at radius 3 is 2.59 bits per heavy atom. The molecule has 0 unspecified atom stereocenters. The number of nitrogens with zero attached hydrogens (tertiary/aromatic N) is 1. The van der Waals surface area contributed by atoms with Crippen LogP contribution in [0.2, 0.25) is 0 Å². The van der Waals surface area contributed by atoms with E-state index in [1.165, 1.54) is 19.1 Å². The molecule has 0 radical (unpaired) electrons. The van der Waals surface area contributed by atoms with Crippen molar-refractivity contribution in [3.63, 3.8) is 0 Å². The predicted molar refractivity (Wildman–Crippen MR) is 96.0 cm³/mol. The van der Waals surface area contributed by atoms with E-state index in [1.807, 2.05) is 6.92 Å². The maximum Gasteiger partial charge on any atom is 0.322 e. The highest BCUT2D eigenvalue weighted by molar-refractivity contribution is 5.97. The van der Waals surface area contributed by atoms with Crippen LogP contribution in [-0.4, -0.2) is 39.4 Å². The molecule has 1 aromatic heterocycles. The third-order valence-corrected chi connectivity index (χ3v) is 3.75. The van der Waals surface area contributed by atoms with Crippen molar-refractivity contribution in [2.75, 3.05) is 6.54 Å². The van der Waals surface area contributed by atoms with Crippen molar-refractivity contribution < 1.29 is 29.3 Å². The second-order valence-electron chi connectivity index (χ2n) is 5.77.